The number of carbonyl (C=O) groups is 1. The van der Waals surface area contributed by atoms with E-state index in [4.69, 9.17) is 14.2 Å². The topological polar surface area (TPSA) is 124 Å². The van der Waals surface area contributed by atoms with Crippen LogP contribution in [-0.2, 0) is 11.4 Å². The van der Waals surface area contributed by atoms with Crippen LogP contribution in [0.4, 0.5) is 11.4 Å². The lowest BCUT2D eigenvalue weighted by molar-refractivity contribution is -0.384. The molecular formula is C25H20BrN3O6. The first-order chi connectivity index (χ1) is 16.8. The highest BCUT2D eigenvalue weighted by atomic mass is 79.9. The number of hydrogen-bond acceptors (Lipinski definition) is 7. The lowest BCUT2D eigenvalue weighted by Crippen LogP contribution is -2.14. The first kappa shape index (κ1) is 25.3. The first-order valence-electron chi connectivity index (χ1n) is 10.2. The van der Waals surface area contributed by atoms with E-state index in [1.54, 1.807) is 18.2 Å². The number of benzene rings is 3. The van der Waals surface area contributed by atoms with Gasteiger partial charge < -0.3 is 19.5 Å². The predicted molar refractivity (Wildman–Crippen MR) is 133 cm³/mol. The fourth-order valence-corrected chi connectivity index (χ4v) is 3.30. The summed E-state index contributed by atoms with van der Waals surface area (Å²) in [7, 11) is 2.88. The molecule has 1 amide bonds. The molecule has 0 fully saturated rings. The maximum atomic E-state index is 12.7. The maximum absolute atomic E-state index is 12.7. The highest BCUT2D eigenvalue weighted by Gasteiger charge is 2.19. The number of carbonyl (C=O) groups excluding carboxylic acids is 1. The van der Waals surface area contributed by atoms with Crippen LogP contribution in [0.5, 0.6) is 17.2 Å². The normalized spacial score (nSPS) is 10.7. The third-order valence-corrected chi connectivity index (χ3v) is 5.35. The van der Waals surface area contributed by atoms with E-state index >= 15 is 0 Å². The molecular weight excluding hydrogens is 518 g/mol. The molecule has 9 nitrogen and oxygen atoms in total. The van der Waals surface area contributed by atoms with Crippen molar-refractivity contribution in [2.75, 3.05) is 19.5 Å². The van der Waals surface area contributed by atoms with Crippen molar-refractivity contribution >= 4 is 39.3 Å². The van der Waals surface area contributed by atoms with Crippen LogP contribution >= 0.6 is 15.9 Å². The Hall–Kier alpha value is -4.36. The average Bonchev–Trinajstić information content (AvgIpc) is 2.87. The molecule has 0 radical (unpaired) electrons. The molecule has 0 unspecified atom stereocenters. The van der Waals surface area contributed by atoms with Crippen LogP contribution in [0.25, 0.3) is 6.08 Å². The summed E-state index contributed by atoms with van der Waals surface area (Å²) in [6, 6.07) is 18.4. The number of methoxy groups -OCH3 is 2. The Morgan fingerprint density at radius 1 is 1.09 bits per heavy atom. The zero-order valence-corrected chi connectivity index (χ0v) is 20.4. The van der Waals surface area contributed by atoms with Crippen LogP contribution in [0.1, 0.15) is 11.1 Å². The Morgan fingerprint density at radius 3 is 2.46 bits per heavy atom. The van der Waals surface area contributed by atoms with Crippen molar-refractivity contribution in [1.29, 1.82) is 5.26 Å². The largest absolute Gasteiger partial charge is 0.496 e. The van der Waals surface area contributed by atoms with E-state index in [0.717, 1.165) is 10.0 Å². The fraction of sp³-hybridized carbons (Fsp3) is 0.120. The minimum absolute atomic E-state index is 0.0600. The van der Waals surface area contributed by atoms with Gasteiger partial charge in [-0.05, 0) is 53.6 Å². The monoisotopic (exact) mass is 537 g/mol. The van der Waals surface area contributed by atoms with Gasteiger partial charge in [0, 0.05) is 4.47 Å². The van der Waals surface area contributed by atoms with Gasteiger partial charge in [0.05, 0.1) is 25.2 Å². The number of ether oxygens (including phenoxy) is 3. The number of nitro benzene ring substituents is 1. The molecule has 35 heavy (non-hydrogen) atoms. The van der Waals surface area contributed by atoms with Crippen molar-refractivity contribution < 1.29 is 23.9 Å². The molecule has 1 N–H and O–H groups in total. The van der Waals surface area contributed by atoms with E-state index in [2.05, 4.69) is 21.2 Å². The molecule has 0 saturated heterocycles. The smallest absolute Gasteiger partial charge is 0.296 e. The lowest BCUT2D eigenvalue weighted by Gasteiger charge is -2.12. The molecule has 0 spiro atoms. The first-order valence-corrected chi connectivity index (χ1v) is 10.9. The number of nitrogens with zero attached hydrogens (tertiary/aromatic N) is 2. The van der Waals surface area contributed by atoms with Crippen molar-refractivity contribution in [2.24, 2.45) is 0 Å². The van der Waals surface area contributed by atoms with E-state index in [1.807, 2.05) is 30.3 Å². The highest BCUT2D eigenvalue weighted by Crippen LogP contribution is 2.31. The fourth-order valence-electron chi connectivity index (χ4n) is 3.04. The summed E-state index contributed by atoms with van der Waals surface area (Å²) in [5.41, 5.74) is 0.777. The summed E-state index contributed by atoms with van der Waals surface area (Å²) >= 11 is 3.39. The van der Waals surface area contributed by atoms with Gasteiger partial charge in [0.15, 0.2) is 11.5 Å². The van der Waals surface area contributed by atoms with Gasteiger partial charge in [0.2, 0.25) is 0 Å². The van der Waals surface area contributed by atoms with E-state index < -0.39 is 10.8 Å². The van der Waals surface area contributed by atoms with Crippen LogP contribution in [0.3, 0.4) is 0 Å². The van der Waals surface area contributed by atoms with Crippen LogP contribution in [-0.4, -0.2) is 25.1 Å². The predicted octanol–water partition coefficient (Wildman–Crippen LogP) is 5.50. The molecule has 0 bridgehead atoms. The Balaban J connectivity index is 1.83. The number of halogens is 1. The molecule has 0 aliphatic heterocycles. The van der Waals surface area contributed by atoms with Gasteiger partial charge in [-0.25, -0.2) is 0 Å². The number of amides is 1. The third kappa shape index (κ3) is 6.59. The molecule has 178 valence electrons. The van der Waals surface area contributed by atoms with Crippen molar-refractivity contribution in [3.63, 3.8) is 0 Å². The van der Waals surface area contributed by atoms with Crippen molar-refractivity contribution in [2.45, 2.75) is 6.61 Å². The van der Waals surface area contributed by atoms with Crippen LogP contribution in [0, 0.1) is 21.4 Å². The quantitative estimate of drug-likeness (QED) is 0.165. The molecule has 0 aromatic heterocycles. The second-order valence-corrected chi connectivity index (χ2v) is 8.01. The second kappa shape index (κ2) is 11.7. The second-order valence-electron chi connectivity index (χ2n) is 7.09. The molecule has 10 heteroatoms. The molecule has 3 aromatic rings. The summed E-state index contributed by atoms with van der Waals surface area (Å²) in [5.74, 6) is 0.373. The Labute approximate surface area is 209 Å². The maximum Gasteiger partial charge on any atom is 0.296 e. The van der Waals surface area contributed by atoms with Crippen LogP contribution < -0.4 is 19.5 Å². The van der Waals surface area contributed by atoms with Crippen molar-refractivity contribution in [3.05, 3.63) is 92.0 Å². The molecule has 3 rings (SSSR count). The van der Waals surface area contributed by atoms with E-state index in [0.29, 0.717) is 17.1 Å². The minimum atomic E-state index is -0.797. The van der Waals surface area contributed by atoms with Crippen molar-refractivity contribution in [1.82, 2.24) is 0 Å². The number of rotatable bonds is 9. The Bertz CT molecular complexity index is 1320. The van der Waals surface area contributed by atoms with Gasteiger partial charge in [0.1, 0.15) is 29.7 Å². The molecule has 3 aromatic carbocycles. The summed E-state index contributed by atoms with van der Waals surface area (Å²) in [6.07, 6.45) is 1.36. The van der Waals surface area contributed by atoms with Gasteiger partial charge in [-0.15, -0.1) is 0 Å². The van der Waals surface area contributed by atoms with E-state index in [9.17, 15) is 20.2 Å². The van der Waals surface area contributed by atoms with E-state index in [-0.39, 0.29) is 29.3 Å². The number of nitriles is 1. The Kier molecular flexibility index (Phi) is 8.43. The minimum Gasteiger partial charge on any atom is -0.496 e. The standard InChI is InChI=1S/C25H20BrN3O6/c1-33-20-8-9-21(22(13-20)29(31)32)28-25(30)18(14-27)11-17-5-10-23(34-2)24(12-17)35-15-16-3-6-19(26)7-4-16/h3-13H,15H2,1-2H3,(H,28,30)/b18-11+. The van der Waals surface area contributed by atoms with Crippen LogP contribution in [0.15, 0.2) is 70.7 Å². The summed E-state index contributed by atoms with van der Waals surface area (Å²) in [5, 5.41) is 23.3. The molecule has 0 heterocycles. The number of nitrogens with one attached hydrogen (secondary N) is 1. The molecule has 0 aliphatic rings. The summed E-state index contributed by atoms with van der Waals surface area (Å²) in [6.45, 7) is 0.281. The summed E-state index contributed by atoms with van der Waals surface area (Å²) < 4.78 is 17.2. The lowest BCUT2D eigenvalue weighted by atomic mass is 10.1. The molecule has 0 saturated carbocycles. The number of nitro groups is 1. The van der Waals surface area contributed by atoms with Gasteiger partial charge in [-0.1, -0.05) is 34.1 Å². The zero-order chi connectivity index (χ0) is 25.4. The highest BCUT2D eigenvalue weighted by molar-refractivity contribution is 9.10. The number of hydrogen-bond donors (Lipinski definition) is 1. The summed E-state index contributed by atoms with van der Waals surface area (Å²) in [4.78, 5) is 23.4. The average molecular weight is 538 g/mol. The Morgan fingerprint density at radius 2 is 1.83 bits per heavy atom. The zero-order valence-electron chi connectivity index (χ0n) is 18.8. The van der Waals surface area contributed by atoms with E-state index in [1.165, 1.54) is 38.5 Å². The molecule has 0 atom stereocenters. The van der Waals surface area contributed by atoms with Gasteiger partial charge in [0.25, 0.3) is 11.6 Å². The van der Waals surface area contributed by atoms with Gasteiger partial charge in [-0.2, -0.15) is 5.26 Å². The van der Waals surface area contributed by atoms with Gasteiger partial charge >= 0.3 is 0 Å². The van der Waals surface area contributed by atoms with Crippen molar-refractivity contribution in [3.8, 4) is 23.3 Å². The molecule has 0 aliphatic carbocycles. The van der Waals surface area contributed by atoms with Crippen LogP contribution in [0.2, 0.25) is 0 Å². The number of anilines is 1. The van der Waals surface area contributed by atoms with Gasteiger partial charge in [-0.3, -0.25) is 14.9 Å². The SMILES string of the molecule is COc1ccc(NC(=O)/C(C#N)=C/c2ccc(OC)c(OCc3ccc(Br)cc3)c2)c([N+](=O)[O-])c1. The third-order valence-electron chi connectivity index (χ3n) is 4.82.